The van der Waals surface area contributed by atoms with Gasteiger partial charge in [-0.15, -0.1) is 0 Å². The Morgan fingerprint density at radius 3 is 2.47 bits per heavy atom. The van der Waals surface area contributed by atoms with Crippen LogP contribution in [0.5, 0.6) is 5.75 Å². The zero-order valence-electron chi connectivity index (χ0n) is 11.7. The number of carbonyl (C=O) groups excluding carboxylic acids is 1. The molecule has 2 aromatic rings. The molecule has 1 aromatic carbocycles. The van der Waals surface area contributed by atoms with Crippen molar-refractivity contribution in [2.45, 2.75) is 20.8 Å². The summed E-state index contributed by atoms with van der Waals surface area (Å²) in [5.74, 6) is 0.560. The highest BCUT2D eigenvalue weighted by molar-refractivity contribution is 6.11. The predicted octanol–water partition coefficient (Wildman–Crippen LogP) is 3.25. The van der Waals surface area contributed by atoms with Crippen LogP contribution in [0.3, 0.4) is 0 Å². The smallest absolute Gasteiger partial charge is 0.198 e. The molecule has 0 bridgehead atoms. The average Bonchev–Trinajstić information content (AvgIpc) is 2.38. The molecule has 0 aliphatic heterocycles. The van der Waals surface area contributed by atoms with Crippen LogP contribution in [0.4, 0.5) is 0 Å². The second-order valence-electron chi connectivity index (χ2n) is 4.68. The van der Waals surface area contributed by atoms with E-state index in [4.69, 9.17) is 4.74 Å². The van der Waals surface area contributed by atoms with Gasteiger partial charge in [-0.2, -0.15) is 0 Å². The normalized spacial score (nSPS) is 10.3. The molecule has 0 spiro atoms. The molecule has 19 heavy (non-hydrogen) atoms. The van der Waals surface area contributed by atoms with Crippen LogP contribution in [-0.4, -0.2) is 17.9 Å². The minimum absolute atomic E-state index is 0.0538. The molecule has 0 fully saturated rings. The quantitative estimate of drug-likeness (QED) is 0.790. The van der Waals surface area contributed by atoms with E-state index < -0.39 is 0 Å². The van der Waals surface area contributed by atoms with Crippen molar-refractivity contribution in [3.63, 3.8) is 0 Å². The van der Waals surface area contributed by atoms with Crippen LogP contribution in [0.15, 0.2) is 30.5 Å². The number of benzene rings is 1. The minimum Gasteiger partial charge on any atom is -0.496 e. The number of ketones is 1. The fraction of sp³-hybridized carbons (Fsp3) is 0.250. The van der Waals surface area contributed by atoms with E-state index >= 15 is 0 Å². The van der Waals surface area contributed by atoms with Crippen LogP contribution in [0, 0.1) is 20.8 Å². The molecule has 0 unspecified atom stereocenters. The maximum atomic E-state index is 12.5. The predicted molar refractivity (Wildman–Crippen MR) is 74.9 cm³/mol. The number of ether oxygens (including phenoxy) is 1. The lowest BCUT2D eigenvalue weighted by atomic mass is 9.97. The SMILES string of the molecule is COc1cc(C)cc(C)c1C(=O)c1ccc(C)nc1. The molecule has 0 saturated carbocycles. The molecule has 0 saturated heterocycles. The monoisotopic (exact) mass is 255 g/mol. The molecule has 3 heteroatoms. The van der Waals surface area contributed by atoms with Crippen molar-refractivity contribution in [2.24, 2.45) is 0 Å². The number of hydrogen-bond donors (Lipinski definition) is 0. The van der Waals surface area contributed by atoms with Crippen LogP contribution in [0.25, 0.3) is 0 Å². The number of aryl methyl sites for hydroxylation is 3. The van der Waals surface area contributed by atoms with Gasteiger partial charge in [0.25, 0.3) is 0 Å². The summed E-state index contributed by atoms with van der Waals surface area (Å²) >= 11 is 0. The molecule has 3 nitrogen and oxygen atoms in total. The van der Waals surface area contributed by atoms with Gasteiger partial charge in [0.05, 0.1) is 12.7 Å². The summed E-state index contributed by atoms with van der Waals surface area (Å²) in [6.07, 6.45) is 1.61. The van der Waals surface area contributed by atoms with E-state index in [0.29, 0.717) is 16.9 Å². The third-order valence-corrected chi connectivity index (χ3v) is 3.06. The number of nitrogens with zero attached hydrogens (tertiary/aromatic N) is 1. The first-order chi connectivity index (χ1) is 9.02. The maximum absolute atomic E-state index is 12.5. The second-order valence-corrected chi connectivity index (χ2v) is 4.68. The van der Waals surface area contributed by atoms with Gasteiger partial charge in [0.1, 0.15) is 5.75 Å². The standard InChI is InChI=1S/C16H17NO2/c1-10-7-11(2)15(14(8-10)19-4)16(18)13-6-5-12(3)17-9-13/h5-9H,1-4H3. The summed E-state index contributed by atoms with van der Waals surface area (Å²) in [7, 11) is 1.58. The van der Waals surface area contributed by atoms with Crippen molar-refractivity contribution in [2.75, 3.05) is 7.11 Å². The van der Waals surface area contributed by atoms with E-state index in [9.17, 15) is 4.79 Å². The Morgan fingerprint density at radius 1 is 1.16 bits per heavy atom. The Labute approximate surface area is 113 Å². The Bertz CT molecular complexity index is 615. The van der Waals surface area contributed by atoms with Gasteiger partial charge in [-0.25, -0.2) is 0 Å². The zero-order chi connectivity index (χ0) is 14.0. The molecule has 0 aliphatic carbocycles. The van der Waals surface area contributed by atoms with Gasteiger partial charge in [-0.1, -0.05) is 6.07 Å². The van der Waals surface area contributed by atoms with Crippen molar-refractivity contribution in [3.8, 4) is 5.75 Å². The van der Waals surface area contributed by atoms with Crippen molar-refractivity contribution in [1.29, 1.82) is 0 Å². The highest BCUT2D eigenvalue weighted by atomic mass is 16.5. The number of rotatable bonds is 3. The fourth-order valence-corrected chi connectivity index (χ4v) is 2.13. The van der Waals surface area contributed by atoms with E-state index in [1.165, 1.54) is 0 Å². The first kappa shape index (κ1) is 13.3. The molecule has 0 atom stereocenters. The molecule has 2 rings (SSSR count). The molecular formula is C16H17NO2. The molecule has 0 amide bonds. The topological polar surface area (TPSA) is 39.2 Å². The molecule has 0 radical (unpaired) electrons. The minimum atomic E-state index is -0.0538. The zero-order valence-corrected chi connectivity index (χ0v) is 11.7. The second kappa shape index (κ2) is 5.22. The van der Waals surface area contributed by atoms with Crippen molar-refractivity contribution in [1.82, 2.24) is 4.98 Å². The van der Waals surface area contributed by atoms with Crippen LogP contribution in [-0.2, 0) is 0 Å². The average molecular weight is 255 g/mol. The first-order valence-electron chi connectivity index (χ1n) is 6.15. The fourth-order valence-electron chi connectivity index (χ4n) is 2.13. The summed E-state index contributed by atoms with van der Waals surface area (Å²) in [5.41, 5.74) is 4.08. The van der Waals surface area contributed by atoms with Gasteiger partial charge >= 0.3 is 0 Å². The lowest BCUT2D eigenvalue weighted by molar-refractivity contribution is 0.103. The van der Waals surface area contributed by atoms with E-state index in [1.807, 2.05) is 39.0 Å². The van der Waals surface area contributed by atoms with Crippen LogP contribution in [0.2, 0.25) is 0 Å². The highest BCUT2D eigenvalue weighted by Crippen LogP contribution is 2.26. The third-order valence-electron chi connectivity index (χ3n) is 3.06. The Hall–Kier alpha value is -2.16. The van der Waals surface area contributed by atoms with Crippen LogP contribution >= 0.6 is 0 Å². The Kier molecular flexibility index (Phi) is 3.65. The molecule has 98 valence electrons. The summed E-state index contributed by atoms with van der Waals surface area (Å²) in [4.78, 5) is 16.7. The third kappa shape index (κ3) is 2.65. The van der Waals surface area contributed by atoms with Crippen LogP contribution < -0.4 is 4.74 Å². The number of pyridine rings is 1. The van der Waals surface area contributed by atoms with Gasteiger partial charge in [0.15, 0.2) is 5.78 Å². The van der Waals surface area contributed by atoms with Gasteiger partial charge in [0, 0.05) is 17.5 Å². The Balaban J connectivity index is 2.52. The summed E-state index contributed by atoms with van der Waals surface area (Å²) in [5, 5.41) is 0. The van der Waals surface area contributed by atoms with Crippen molar-refractivity contribution in [3.05, 3.63) is 58.4 Å². The van der Waals surface area contributed by atoms with Crippen molar-refractivity contribution >= 4 is 5.78 Å². The molecule has 1 heterocycles. The molecular weight excluding hydrogens is 238 g/mol. The lowest BCUT2D eigenvalue weighted by Gasteiger charge is -2.12. The van der Waals surface area contributed by atoms with Crippen LogP contribution in [0.1, 0.15) is 32.7 Å². The lowest BCUT2D eigenvalue weighted by Crippen LogP contribution is -2.07. The van der Waals surface area contributed by atoms with E-state index in [0.717, 1.165) is 16.8 Å². The number of carbonyl (C=O) groups is 1. The highest BCUT2D eigenvalue weighted by Gasteiger charge is 2.17. The molecule has 0 aliphatic rings. The van der Waals surface area contributed by atoms with Gasteiger partial charge in [0.2, 0.25) is 0 Å². The number of aromatic nitrogens is 1. The number of hydrogen-bond acceptors (Lipinski definition) is 3. The van der Waals surface area contributed by atoms with Gasteiger partial charge in [-0.3, -0.25) is 9.78 Å². The maximum Gasteiger partial charge on any atom is 0.198 e. The summed E-state index contributed by atoms with van der Waals surface area (Å²) < 4.78 is 5.33. The van der Waals surface area contributed by atoms with Crippen molar-refractivity contribution < 1.29 is 9.53 Å². The van der Waals surface area contributed by atoms with E-state index in [-0.39, 0.29) is 5.78 Å². The number of methoxy groups -OCH3 is 1. The summed E-state index contributed by atoms with van der Waals surface area (Å²) in [6, 6.07) is 7.49. The van der Waals surface area contributed by atoms with E-state index in [1.54, 1.807) is 19.4 Å². The largest absolute Gasteiger partial charge is 0.496 e. The Morgan fingerprint density at radius 2 is 1.89 bits per heavy atom. The van der Waals surface area contributed by atoms with Gasteiger partial charge in [-0.05, 0) is 50.1 Å². The van der Waals surface area contributed by atoms with Gasteiger partial charge < -0.3 is 4.74 Å². The van der Waals surface area contributed by atoms with E-state index in [2.05, 4.69) is 4.98 Å². The first-order valence-corrected chi connectivity index (χ1v) is 6.15. The summed E-state index contributed by atoms with van der Waals surface area (Å²) in [6.45, 7) is 5.80. The molecule has 0 N–H and O–H groups in total. The molecule has 1 aromatic heterocycles.